The monoisotopic (exact) mass is 245 g/mol. The first-order valence-electron chi connectivity index (χ1n) is 5.86. The van der Waals surface area contributed by atoms with Crippen LogP contribution in [-0.4, -0.2) is 25.0 Å². The average molecular weight is 245 g/mol. The van der Waals surface area contributed by atoms with Gasteiger partial charge in [0.25, 0.3) is 5.91 Å². The highest BCUT2D eigenvalue weighted by Crippen LogP contribution is 2.19. The molecule has 0 unspecified atom stereocenters. The third-order valence-electron chi connectivity index (χ3n) is 2.70. The molecule has 0 heterocycles. The van der Waals surface area contributed by atoms with E-state index in [-0.39, 0.29) is 5.91 Å². The zero-order chi connectivity index (χ0) is 13.0. The average Bonchev–Trinajstić information content (AvgIpc) is 3.20. The molecule has 1 fully saturated rings. The minimum absolute atomic E-state index is 0.0407. The number of hydrogen-bond donors (Lipinski definition) is 1. The Balaban J connectivity index is 1.98. The number of hydrogen-bond acceptors (Lipinski definition) is 3. The summed E-state index contributed by atoms with van der Waals surface area (Å²) in [4.78, 5) is 22.6. The van der Waals surface area contributed by atoms with Gasteiger partial charge in [-0.25, -0.2) is 4.79 Å². The molecular weight excluding hydrogens is 230 g/mol. The van der Waals surface area contributed by atoms with Crippen molar-refractivity contribution in [1.29, 1.82) is 0 Å². The lowest BCUT2D eigenvalue weighted by Crippen LogP contribution is -2.25. The molecule has 1 aromatic carbocycles. The second-order valence-electron chi connectivity index (χ2n) is 4.23. The van der Waals surface area contributed by atoms with E-state index in [9.17, 15) is 9.59 Å². The van der Waals surface area contributed by atoms with Crippen LogP contribution in [-0.2, 0) is 9.53 Å². The van der Waals surface area contributed by atoms with E-state index in [0.717, 1.165) is 18.4 Å². The van der Waals surface area contributed by atoms with E-state index in [1.54, 1.807) is 30.3 Å². The van der Waals surface area contributed by atoms with Crippen LogP contribution in [0, 0.1) is 0 Å². The molecule has 0 saturated heterocycles. The standard InChI is InChI=1S/C14H15NO3/c1-18-13(16)9-4-10-2-5-11(6-3-10)14(17)15-12-7-8-12/h2-6,9,12H,7-8H2,1H3,(H,15,17). The molecular formula is C14H15NO3. The SMILES string of the molecule is COC(=O)C=Cc1ccc(C(=O)NC2CC2)cc1. The Bertz CT molecular complexity index is 472. The zero-order valence-electron chi connectivity index (χ0n) is 10.2. The van der Waals surface area contributed by atoms with Gasteiger partial charge in [-0.05, 0) is 36.6 Å². The second kappa shape index (κ2) is 5.49. The van der Waals surface area contributed by atoms with Crippen LogP contribution in [0.15, 0.2) is 30.3 Å². The van der Waals surface area contributed by atoms with Gasteiger partial charge in [0.15, 0.2) is 0 Å². The predicted octanol–water partition coefficient (Wildman–Crippen LogP) is 1.76. The maximum Gasteiger partial charge on any atom is 0.330 e. The number of carbonyl (C=O) groups excluding carboxylic acids is 2. The van der Waals surface area contributed by atoms with Gasteiger partial charge in [0, 0.05) is 17.7 Å². The molecule has 0 aromatic heterocycles. The van der Waals surface area contributed by atoms with Gasteiger partial charge in [-0.15, -0.1) is 0 Å². The molecule has 1 aliphatic rings. The molecule has 0 aliphatic heterocycles. The van der Waals surface area contributed by atoms with Crippen LogP contribution in [0.4, 0.5) is 0 Å². The Morgan fingerprint density at radius 1 is 1.28 bits per heavy atom. The van der Waals surface area contributed by atoms with Crippen LogP contribution in [0.1, 0.15) is 28.8 Å². The molecule has 1 aromatic rings. The first-order chi connectivity index (χ1) is 8.69. The molecule has 0 atom stereocenters. The molecule has 0 spiro atoms. The van der Waals surface area contributed by atoms with Crippen LogP contribution in [0.25, 0.3) is 6.08 Å². The number of benzene rings is 1. The number of methoxy groups -OCH3 is 1. The fourth-order valence-corrected chi connectivity index (χ4v) is 1.47. The lowest BCUT2D eigenvalue weighted by molar-refractivity contribution is -0.134. The van der Waals surface area contributed by atoms with Crippen molar-refractivity contribution in [3.8, 4) is 0 Å². The topological polar surface area (TPSA) is 55.4 Å². The normalized spacial score (nSPS) is 14.5. The van der Waals surface area contributed by atoms with Crippen molar-refractivity contribution in [2.24, 2.45) is 0 Å². The number of rotatable bonds is 4. The van der Waals surface area contributed by atoms with Gasteiger partial charge in [0.05, 0.1) is 7.11 Å². The van der Waals surface area contributed by atoms with Crippen molar-refractivity contribution in [3.63, 3.8) is 0 Å². The van der Waals surface area contributed by atoms with Crippen molar-refractivity contribution < 1.29 is 14.3 Å². The largest absolute Gasteiger partial charge is 0.466 e. The highest BCUT2D eigenvalue weighted by atomic mass is 16.5. The Labute approximate surface area is 106 Å². The van der Waals surface area contributed by atoms with Crippen LogP contribution in [0.2, 0.25) is 0 Å². The van der Waals surface area contributed by atoms with E-state index in [1.165, 1.54) is 13.2 Å². The molecule has 1 aliphatic carbocycles. The smallest absolute Gasteiger partial charge is 0.330 e. The van der Waals surface area contributed by atoms with Gasteiger partial charge in [0.2, 0.25) is 0 Å². The Kier molecular flexibility index (Phi) is 3.77. The lowest BCUT2D eigenvalue weighted by atomic mass is 10.1. The van der Waals surface area contributed by atoms with Crippen molar-refractivity contribution in [2.45, 2.75) is 18.9 Å². The summed E-state index contributed by atoms with van der Waals surface area (Å²) in [6.07, 6.45) is 5.14. The molecule has 1 N–H and O–H groups in total. The summed E-state index contributed by atoms with van der Waals surface area (Å²) in [6, 6.07) is 7.43. The van der Waals surface area contributed by atoms with Crippen LogP contribution >= 0.6 is 0 Å². The first-order valence-corrected chi connectivity index (χ1v) is 5.86. The van der Waals surface area contributed by atoms with Crippen LogP contribution in [0.5, 0.6) is 0 Å². The molecule has 94 valence electrons. The number of nitrogens with one attached hydrogen (secondary N) is 1. The minimum Gasteiger partial charge on any atom is -0.466 e. The van der Waals surface area contributed by atoms with Crippen molar-refractivity contribution in [2.75, 3.05) is 7.11 Å². The Morgan fingerprint density at radius 3 is 2.50 bits per heavy atom. The quantitative estimate of drug-likeness (QED) is 0.649. The summed E-state index contributed by atoms with van der Waals surface area (Å²) in [5, 5.41) is 2.92. The minimum atomic E-state index is -0.398. The van der Waals surface area contributed by atoms with E-state index >= 15 is 0 Å². The summed E-state index contributed by atoms with van der Waals surface area (Å²) in [6.45, 7) is 0. The van der Waals surface area contributed by atoms with Crippen molar-refractivity contribution in [1.82, 2.24) is 5.32 Å². The van der Waals surface area contributed by atoms with Gasteiger partial charge in [0.1, 0.15) is 0 Å². The second-order valence-corrected chi connectivity index (χ2v) is 4.23. The van der Waals surface area contributed by atoms with Crippen LogP contribution < -0.4 is 5.32 Å². The molecule has 0 radical (unpaired) electrons. The van der Waals surface area contributed by atoms with Crippen molar-refractivity contribution in [3.05, 3.63) is 41.5 Å². The number of carbonyl (C=O) groups is 2. The molecule has 1 amide bonds. The summed E-state index contributed by atoms with van der Waals surface area (Å²) in [5.41, 5.74) is 1.49. The van der Waals surface area contributed by atoms with Gasteiger partial charge in [-0.3, -0.25) is 4.79 Å². The Morgan fingerprint density at radius 2 is 1.94 bits per heavy atom. The molecule has 18 heavy (non-hydrogen) atoms. The Hall–Kier alpha value is -2.10. The molecule has 1 saturated carbocycles. The maximum atomic E-state index is 11.7. The fraction of sp³-hybridized carbons (Fsp3) is 0.286. The fourth-order valence-electron chi connectivity index (χ4n) is 1.47. The van der Waals surface area contributed by atoms with E-state index in [4.69, 9.17) is 0 Å². The molecule has 4 nitrogen and oxygen atoms in total. The van der Waals surface area contributed by atoms with Gasteiger partial charge >= 0.3 is 5.97 Å². The van der Waals surface area contributed by atoms with E-state index in [2.05, 4.69) is 10.1 Å². The number of ether oxygens (including phenoxy) is 1. The molecule has 4 heteroatoms. The third-order valence-corrected chi connectivity index (χ3v) is 2.70. The van der Waals surface area contributed by atoms with Gasteiger partial charge in [-0.2, -0.15) is 0 Å². The summed E-state index contributed by atoms with van der Waals surface area (Å²) in [5.74, 6) is -0.438. The summed E-state index contributed by atoms with van der Waals surface area (Å²) < 4.78 is 4.49. The number of amides is 1. The highest BCUT2D eigenvalue weighted by molar-refractivity contribution is 5.95. The summed E-state index contributed by atoms with van der Waals surface area (Å²) >= 11 is 0. The lowest BCUT2D eigenvalue weighted by Gasteiger charge is -2.03. The molecule has 2 rings (SSSR count). The van der Waals surface area contributed by atoms with Crippen LogP contribution in [0.3, 0.4) is 0 Å². The van der Waals surface area contributed by atoms with E-state index < -0.39 is 5.97 Å². The van der Waals surface area contributed by atoms with Gasteiger partial charge in [-0.1, -0.05) is 12.1 Å². The first kappa shape index (κ1) is 12.4. The predicted molar refractivity (Wildman–Crippen MR) is 68.0 cm³/mol. The van der Waals surface area contributed by atoms with Gasteiger partial charge < -0.3 is 10.1 Å². The van der Waals surface area contributed by atoms with E-state index in [1.807, 2.05) is 0 Å². The highest BCUT2D eigenvalue weighted by Gasteiger charge is 2.23. The van der Waals surface area contributed by atoms with Crippen molar-refractivity contribution >= 4 is 18.0 Å². The maximum absolute atomic E-state index is 11.7. The molecule has 0 bridgehead atoms. The number of esters is 1. The summed E-state index contributed by atoms with van der Waals surface area (Å²) in [7, 11) is 1.33. The third kappa shape index (κ3) is 3.45. The van der Waals surface area contributed by atoms with E-state index in [0.29, 0.717) is 11.6 Å². The zero-order valence-corrected chi connectivity index (χ0v) is 10.2.